The monoisotopic (exact) mass is 662 g/mol. The van der Waals surface area contributed by atoms with Gasteiger partial charge in [-0.3, -0.25) is 0 Å². The number of hydrogen-bond acceptors (Lipinski definition) is 8. The molecule has 0 spiro atoms. The molecule has 11 heteroatoms. The van der Waals surface area contributed by atoms with E-state index >= 15 is 0 Å². The quantitative estimate of drug-likeness (QED) is 0.0869. The Bertz CT molecular complexity index is 1360. The van der Waals surface area contributed by atoms with E-state index in [9.17, 15) is 10.1 Å². The van der Waals surface area contributed by atoms with Crippen molar-refractivity contribution < 1.29 is 14.2 Å². The minimum Gasteiger partial charge on any atom is -0.481 e. The van der Waals surface area contributed by atoms with E-state index < -0.39 is 4.92 Å². The van der Waals surface area contributed by atoms with E-state index in [4.69, 9.17) is 9.26 Å². The fourth-order valence-corrected chi connectivity index (χ4v) is 7.33. The van der Waals surface area contributed by atoms with E-state index in [0.29, 0.717) is 12.4 Å². The first-order valence-electron chi connectivity index (χ1n) is 12.5. The molecule has 198 valence electrons. The number of nitrogens with zero attached hydrogens (tertiary/aromatic N) is 4. The number of rotatable bonds is 8. The summed E-state index contributed by atoms with van der Waals surface area (Å²) in [5.74, 6) is 6.85. The van der Waals surface area contributed by atoms with Crippen LogP contribution in [0.2, 0.25) is 0 Å². The van der Waals surface area contributed by atoms with Gasteiger partial charge in [0.15, 0.2) is 0 Å². The molecule has 2 aliphatic rings. The molecule has 1 saturated carbocycles. The van der Waals surface area contributed by atoms with Crippen molar-refractivity contribution >= 4 is 45.6 Å². The Morgan fingerprint density at radius 3 is 2.79 bits per heavy atom. The van der Waals surface area contributed by atoms with Gasteiger partial charge in [0.05, 0.1) is 16.3 Å². The highest BCUT2D eigenvalue weighted by molar-refractivity contribution is 14.2. The van der Waals surface area contributed by atoms with Gasteiger partial charge in [-0.2, -0.15) is 0 Å². The topological polar surface area (TPSA) is 90.6 Å². The Balaban J connectivity index is 1.31. The van der Waals surface area contributed by atoms with Crippen LogP contribution in [-0.4, -0.2) is 45.5 Å². The number of halogens is 1. The average molecular weight is 662 g/mol. The van der Waals surface area contributed by atoms with Crippen molar-refractivity contribution in [3.63, 3.8) is 0 Å². The van der Waals surface area contributed by atoms with Crippen LogP contribution in [0.1, 0.15) is 54.2 Å². The lowest BCUT2D eigenvalue weighted by Crippen LogP contribution is -2.35. The fourth-order valence-electron chi connectivity index (χ4n) is 4.59. The second kappa shape index (κ2) is 12.3. The Labute approximate surface area is 241 Å². The highest BCUT2D eigenvalue weighted by atomic mass is 127. The van der Waals surface area contributed by atoms with Crippen molar-refractivity contribution in [1.82, 2.24) is 14.9 Å². The number of nitro groups is 1. The predicted octanol–water partition coefficient (Wildman–Crippen LogP) is 6.74. The smallest absolute Gasteiger partial charge is 0.406 e. The lowest BCUT2D eigenvalue weighted by atomic mass is 9.81. The van der Waals surface area contributed by atoms with Gasteiger partial charge in [0.25, 0.3) is 0 Å². The molecule has 1 atom stereocenters. The minimum atomic E-state index is -0.510. The summed E-state index contributed by atoms with van der Waals surface area (Å²) < 4.78 is 11.8. The van der Waals surface area contributed by atoms with Crippen molar-refractivity contribution in [2.75, 3.05) is 20.1 Å². The maximum Gasteiger partial charge on any atom is 0.406 e. The van der Waals surface area contributed by atoms with Gasteiger partial charge in [0.1, 0.15) is 18.4 Å². The summed E-state index contributed by atoms with van der Waals surface area (Å²) >= 11 is 3.86. The average Bonchev–Trinajstić information content (AvgIpc) is 3.40. The van der Waals surface area contributed by atoms with Crippen molar-refractivity contribution in [3.8, 4) is 28.0 Å². The van der Waals surface area contributed by atoms with Crippen LogP contribution in [-0.2, 0) is 11.1 Å². The molecule has 38 heavy (non-hydrogen) atoms. The zero-order chi connectivity index (χ0) is 26.5. The molecule has 3 heterocycles. The van der Waals surface area contributed by atoms with Crippen LogP contribution in [0.15, 0.2) is 42.7 Å². The molecule has 2 fully saturated rings. The third-order valence-electron chi connectivity index (χ3n) is 7.03. The second-order valence-corrected chi connectivity index (χ2v) is 12.5. The first-order valence-corrected chi connectivity index (χ1v) is 17.4. The maximum atomic E-state index is 11.7. The molecule has 1 unspecified atom stereocenters. The summed E-state index contributed by atoms with van der Waals surface area (Å²) in [6.07, 6.45) is 8.61. The summed E-state index contributed by atoms with van der Waals surface area (Å²) in [5, 5.41) is 12.8. The molecule has 1 aliphatic heterocycles. The number of thiazole rings is 1. The van der Waals surface area contributed by atoms with Crippen molar-refractivity contribution in [2.24, 2.45) is 0 Å². The van der Waals surface area contributed by atoms with Crippen molar-refractivity contribution in [1.29, 1.82) is 0 Å². The van der Waals surface area contributed by atoms with Gasteiger partial charge in [0, 0.05) is 29.3 Å². The van der Waals surface area contributed by atoms with Gasteiger partial charge in [0.2, 0.25) is 5.75 Å². The summed E-state index contributed by atoms with van der Waals surface area (Å²) in [6.45, 7) is 2.68. The summed E-state index contributed by atoms with van der Waals surface area (Å²) in [7, 11) is 2.14. The first kappa shape index (κ1) is 27.4. The molecule has 1 aliphatic carbocycles. The molecule has 1 saturated heterocycles. The number of benzene rings is 1. The zero-order valence-electron chi connectivity index (χ0n) is 21.0. The first-order chi connectivity index (χ1) is 18.4. The highest BCUT2D eigenvalue weighted by Gasteiger charge is 2.36. The van der Waals surface area contributed by atoms with Crippen molar-refractivity contribution in [3.05, 3.63) is 69.0 Å². The predicted molar refractivity (Wildman–Crippen MR) is 159 cm³/mol. The van der Waals surface area contributed by atoms with Crippen LogP contribution in [0.25, 0.3) is 10.4 Å². The van der Waals surface area contributed by atoms with Crippen molar-refractivity contribution in [2.45, 2.75) is 50.2 Å². The molecule has 0 N–H and O–H groups in total. The number of ether oxygens (including phenoxy) is 1. The lowest BCUT2D eigenvalue weighted by molar-refractivity contribution is -0.390. The fraction of sp³-hybridized carbons (Fsp3) is 0.407. The Kier molecular flexibility index (Phi) is 8.91. The molecule has 3 aromatic rings. The van der Waals surface area contributed by atoms with Gasteiger partial charge in [-0.05, 0) is 102 Å². The maximum absolute atomic E-state index is 11.7. The standard InChI is InChI=1S/C27H28IN4O4PS/c1-31-12-7-21(8-13-31)26-30-17-24(38-26)22-15-23(25(29-16-22)32(33)34)35-18-20-5-2-4-19(14-20)6-11-27(36-37-28)9-3-10-27/h2,4-5,14-17,21,37H,3,7-10,12-13,18H2,1H3. The molecule has 1 aromatic carbocycles. The van der Waals surface area contributed by atoms with Gasteiger partial charge in [-0.25, -0.2) is 4.98 Å². The number of likely N-dealkylation sites (tertiary alicyclic amines) is 1. The third-order valence-corrected chi connectivity index (χ3v) is 9.37. The molecular formula is C27H28IN4O4PS. The van der Waals surface area contributed by atoms with Gasteiger partial charge >= 0.3 is 5.82 Å². The lowest BCUT2D eigenvalue weighted by Gasteiger charge is -2.35. The SMILES string of the molecule is CN1CCC(c2ncc(-c3cnc([N+](=O)[O-])c(OCc4cccc(C#CC5(OPI)CCC5)c4)c3)s2)CC1. The molecule has 0 bridgehead atoms. The molecule has 0 radical (unpaired) electrons. The molecule has 0 amide bonds. The van der Waals surface area contributed by atoms with E-state index in [1.807, 2.05) is 30.5 Å². The summed E-state index contributed by atoms with van der Waals surface area (Å²) in [4.78, 5) is 23.2. The largest absolute Gasteiger partial charge is 0.481 e. The number of piperidine rings is 1. The van der Waals surface area contributed by atoms with Crippen LogP contribution in [0.3, 0.4) is 0 Å². The van der Waals surface area contributed by atoms with E-state index in [1.165, 1.54) is 6.20 Å². The highest BCUT2D eigenvalue weighted by Crippen LogP contribution is 2.42. The number of hydrogen-bond donors (Lipinski definition) is 0. The normalized spacial score (nSPS) is 17.6. The minimum absolute atomic E-state index is 0.142. The van der Waals surface area contributed by atoms with E-state index in [0.717, 1.165) is 71.8 Å². The van der Waals surface area contributed by atoms with Crippen LogP contribution < -0.4 is 4.74 Å². The van der Waals surface area contributed by atoms with Gasteiger partial charge < -0.3 is 24.3 Å². The van der Waals surface area contributed by atoms with Gasteiger partial charge in [-0.15, -0.1) is 11.3 Å². The Morgan fingerprint density at radius 2 is 2.08 bits per heavy atom. The van der Waals surface area contributed by atoms with E-state index in [1.54, 1.807) is 17.4 Å². The second-order valence-electron chi connectivity index (χ2n) is 9.71. The van der Waals surface area contributed by atoms with E-state index in [-0.39, 0.29) is 23.8 Å². The molecular weight excluding hydrogens is 634 g/mol. The van der Waals surface area contributed by atoms with Crippen LogP contribution in [0.5, 0.6) is 5.75 Å². The molecule has 5 rings (SSSR count). The summed E-state index contributed by atoms with van der Waals surface area (Å²) in [5.41, 5.74) is 2.19. The molecule has 2 aromatic heterocycles. The number of aromatic nitrogens is 2. The molecule has 8 nitrogen and oxygen atoms in total. The summed E-state index contributed by atoms with van der Waals surface area (Å²) in [6, 6.07) is 9.44. The Morgan fingerprint density at radius 1 is 1.26 bits per heavy atom. The zero-order valence-corrected chi connectivity index (χ0v) is 25.0. The van der Waals surface area contributed by atoms with Crippen LogP contribution in [0, 0.1) is 22.0 Å². The van der Waals surface area contributed by atoms with Crippen LogP contribution in [0.4, 0.5) is 5.82 Å². The Hall–Kier alpha value is -2.16. The number of pyridine rings is 1. The third kappa shape index (κ3) is 6.52. The van der Waals surface area contributed by atoms with Gasteiger partial charge in [-0.1, -0.05) is 24.0 Å². The van der Waals surface area contributed by atoms with Crippen LogP contribution >= 0.6 is 39.8 Å². The van der Waals surface area contributed by atoms with E-state index in [2.05, 4.69) is 55.8 Å².